The zero-order chi connectivity index (χ0) is 8.81. The molecule has 4 nitrogen and oxygen atoms in total. The molecule has 0 aliphatic heterocycles. The Morgan fingerprint density at radius 1 is 1.67 bits per heavy atom. The summed E-state index contributed by atoms with van der Waals surface area (Å²) in [5.41, 5.74) is 0.934. The van der Waals surface area contributed by atoms with Gasteiger partial charge in [0.15, 0.2) is 0 Å². The molecule has 1 aromatic rings. The number of aromatic nitrogens is 1. The van der Waals surface area contributed by atoms with Gasteiger partial charge in [-0.3, -0.25) is 0 Å². The fourth-order valence-corrected chi connectivity index (χ4v) is 0.892. The molecule has 0 amide bonds. The van der Waals surface area contributed by atoms with E-state index in [-0.39, 0.29) is 0 Å². The van der Waals surface area contributed by atoms with Crippen LogP contribution in [0.4, 0.5) is 0 Å². The van der Waals surface area contributed by atoms with Crippen molar-refractivity contribution in [1.29, 1.82) is 0 Å². The number of methoxy groups -OCH3 is 1. The third kappa shape index (κ3) is 3.02. The van der Waals surface area contributed by atoms with Gasteiger partial charge >= 0.3 is 0 Å². The maximum absolute atomic E-state index is 4.90. The Kier molecular flexibility index (Phi) is 3.76. The summed E-state index contributed by atoms with van der Waals surface area (Å²) in [6.45, 7) is 4.17. The van der Waals surface area contributed by atoms with Crippen molar-refractivity contribution in [2.45, 2.75) is 13.5 Å². The van der Waals surface area contributed by atoms with Gasteiger partial charge in [-0.25, -0.2) is 0 Å². The van der Waals surface area contributed by atoms with Crippen LogP contribution in [-0.4, -0.2) is 25.4 Å². The Hall–Kier alpha value is -0.870. The van der Waals surface area contributed by atoms with Crippen molar-refractivity contribution in [3.63, 3.8) is 0 Å². The molecule has 0 bridgehead atoms. The first-order chi connectivity index (χ1) is 5.83. The van der Waals surface area contributed by atoms with Crippen molar-refractivity contribution in [3.8, 4) is 0 Å². The van der Waals surface area contributed by atoms with Crippen molar-refractivity contribution in [3.05, 3.63) is 17.5 Å². The van der Waals surface area contributed by atoms with Gasteiger partial charge in [-0.2, -0.15) is 0 Å². The van der Waals surface area contributed by atoms with Crippen LogP contribution < -0.4 is 5.32 Å². The first-order valence-corrected chi connectivity index (χ1v) is 3.95. The molecule has 0 aliphatic carbocycles. The molecule has 1 heterocycles. The minimum atomic E-state index is 0.719. The number of aryl methyl sites for hydroxylation is 1. The molecule has 0 saturated carbocycles. The van der Waals surface area contributed by atoms with Crippen LogP contribution in [0, 0.1) is 6.92 Å². The van der Waals surface area contributed by atoms with Gasteiger partial charge < -0.3 is 14.6 Å². The summed E-state index contributed by atoms with van der Waals surface area (Å²) in [6, 6.07) is 1.92. The van der Waals surface area contributed by atoms with Gasteiger partial charge in [0.2, 0.25) is 0 Å². The zero-order valence-electron chi connectivity index (χ0n) is 7.46. The summed E-state index contributed by atoms with van der Waals surface area (Å²) in [7, 11) is 1.68. The summed E-state index contributed by atoms with van der Waals surface area (Å²) in [5.74, 6) is 0.846. The van der Waals surface area contributed by atoms with Crippen LogP contribution in [0.1, 0.15) is 11.5 Å². The van der Waals surface area contributed by atoms with Gasteiger partial charge in [0.1, 0.15) is 5.76 Å². The van der Waals surface area contributed by atoms with Crippen LogP contribution in [0.15, 0.2) is 10.6 Å². The standard InChI is InChI=1S/C8H14N2O2/c1-7-5-8(10-12-7)6-9-3-4-11-2/h5,9H,3-4,6H2,1-2H3. The Labute approximate surface area is 71.9 Å². The molecule has 0 aliphatic rings. The number of hydrogen-bond acceptors (Lipinski definition) is 4. The molecule has 0 unspecified atom stereocenters. The average Bonchev–Trinajstić information content (AvgIpc) is 2.45. The lowest BCUT2D eigenvalue weighted by molar-refractivity contribution is 0.199. The highest BCUT2D eigenvalue weighted by Crippen LogP contribution is 1.99. The minimum Gasteiger partial charge on any atom is -0.383 e. The highest BCUT2D eigenvalue weighted by molar-refractivity contribution is 5.02. The predicted molar refractivity (Wildman–Crippen MR) is 44.8 cm³/mol. The topological polar surface area (TPSA) is 47.3 Å². The fourth-order valence-electron chi connectivity index (χ4n) is 0.892. The first-order valence-electron chi connectivity index (χ1n) is 3.95. The number of hydrogen-bond donors (Lipinski definition) is 1. The maximum atomic E-state index is 4.90. The number of nitrogens with zero attached hydrogens (tertiary/aromatic N) is 1. The second-order valence-electron chi connectivity index (χ2n) is 2.60. The highest BCUT2D eigenvalue weighted by Gasteiger charge is 1.97. The average molecular weight is 170 g/mol. The molecule has 4 heteroatoms. The van der Waals surface area contributed by atoms with E-state index >= 15 is 0 Å². The van der Waals surface area contributed by atoms with Gasteiger partial charge in [0, 0.05) is 26.3 Å². The first kappa shape index (κ1) is 9.22. The SMILES string of the molecule is COCCNCc1cc(C)on1. The normalized spacial score (nSPS) is 10.5. The lowest BCUT2D eigenvalue weighted by Gasteiger charge is -1.99. The third-order valence-electron chi connectivity index (χ3n) is 1.47. The second kappa shape index (κ2) is 4.90. The van der Waals surface area contributed by atoms with E-state index < -0.39 is 0 Å². The molecule has 0 saturated heterocycles. The second-order valence-corrected chi connectivity index (χ2v) is 2.60. The number of nitrogens with one attached hydrogen (secondary N) is 1. The van der Waals surface area contributed by atoms with Crippen molar-refractivity contribution in [1.82, 2.24) is 10.5 Å². The Morgan fingerprint density at radius 3 is 3.08 bits per heavy atom. The predicted octanol–water partition coefficient (Wildman–Crippen LogP) is 0.719. The van der Waals surface area contributed by atoms with Gasteiger partial charge in [0.05, 0.1) is 12.3 Å². The molecule has 68 valence electrons. The van der Waals surface area contributed by atoms with Crippen molar-refractivity contribution >= 4 is 0 Å². The van der Waals surface area contributed by atoms with E-state index in [1.54, 1.807) is 7.11 Å². The highest BCUT2D eigenvalue weighted by atomic mass is 16.5. The summed E-state index contributed by atoms with van der Waals surface area (Å²) in [6.07, 6.45) is 0. The molecule has 12 heavy (non-hydrogen) atoms. The molecule has 0 radical (unpaired) electrons. The molecule has 0 atom stereocenters. The van der Waals surface area contributed by atoms with Crippen molar-refractivity contribution in [2.24, 2.45) is 0 Å². The van der Waals surface area contributed by atoms with E-state index in [9.17, 15) is 0 Å². The van der Waals surface area contributed by atoms with Crippen molar-refractivity contribution < 1.29 is 9.26 Å². The monoisotopic (exact) mass is 170 g/mol. The number of ether oxygens (including phenoxy) is 1. The molecule has 1 N–H and O–H groups in total. The number of rotatable bonds is 5. The molecular formula is C8H14N2O2. The smallest absolute Gasteiger partial charge is 0.133 e. The van der Waals surface area contributed by atoms with Crippen LogP contribution in [0.3, 0.4) is 0 Å². The minimum absolute atomic E-state index is 0.719. The molecule has 1 aromatic heterocycles. The molecule has 0 fully saturated rings. The van der Waals surface area contributed by atoms with Gasteiger partial charge in [-0.15, -0.1) is 0 Å². The Morgan fingerprint density at radius 2 is 2.50 bits per heavy atom. The van der Waals surface area contributed by atoms with E-state index in [0.717, 1.165) is 31.2 Å². The third-order valence-corrected chi connectivity index (χ3v) is 1.47. The maximum Gasteiger partial charge on any atom is 0.133 e. The Balaban J connectivity index is 2.15. The molecular weight excluding hydrogens is 156 g/mol. The largest absolute Gasteiger partial charge is 0.383 e. The lowest BCUT2D eigenvalue weighted by atomic mass is 10.4. The lowest BCUT2D eigenvalue weighted by Crippen LogP contribution is -2.18. The van der Waals surface area contributed by atoms with E-state index in [2.05, 4.69) is 10.5 Å². The van der Waals surface area contributed by atoms with Gasteiger partial charge in [-0.05, 0) is 6.92 Å². The summed E-state index contributed by atoms with van der Waals surface area (Å²) in [5, 5.41) is 7.00. The summed E-state index contributed by atoms with van der Waals surface area (Å²) >= 11 is 0. The zero-order valence-corrected chi connectivity index (χ0v) is 7.46. The van der Waals surface area contributed by atoms with E-state index in [1.165, 1.54) is 0 Å². The fraction of sp³-hybridized carbons (Fsp3) is 0.625. The van der Waals surface area contributed by atoms with E-state index in [4.69, 9.17) is 9.26 Å². The van der Waals surface area contributed by atoms with Crippen LogP contribution in [0.25, 0.3) is 0 Å². The van der Waals surface area contributed by atoms with Crippen LogP contribution in [-0.2, 0) is 11.3 Å². The van der Waals surface area contributed by atoms with Crippen molar-refractivity contribution in [2.75, 3.05) is 20.3 Å². The molecule has 1 rings (SSSR count). The summed E-state index contributed by atoms with van der Waals surface area (Å²) in [4.78, 5) is 0. The van der Waals surface area contributed by atoms with Gasteiger partial charge in [-0.1, -0.05) is 5.16 Å². The summed E-state index contributed by atoms with van der Waals surface area (Å²) < 4.78 is 9.78. The van der Waals surface area contributed by atoms with E-state index in [1.807, 2.05) is 13.0 Å². The van der Waals surface area contributed by atoms with Crippen LogP contribution >= 0.6 is 0 Å². The molecule has 0 aromatic carbocycles. The quantitative estimate of drug-likeness (QED) is 0.661. The Bertz CT molecular complexity index is 223. The molecule has 0 spiro atoms. The van der Waals surface area contributed by atoms with Gasteiger partial charge in [0.25, 0.3) is 0 Å². The van der Waals surface area contributed by atoms with Crippen LogP contribution in [0.2, 0.25) is 0 Å². The van der Waals surface area contributed by atoms with E-state index in [0.29, 0.717) is 0 Å². The van der Waals surface area contributed by atoms with Crippen LogP contribution in [0.5, 0.6) is 0 Å².